The first-order valence-corrected chi connectivity index (χ1v) is 8.71. The summed E-state index contributed by atoms with van der Waals surface area (Å²) in [5, 5.41) is 0. The summed E-state index contributed by atoms with van der Waals surface area (Å²) in [6.45, 7) is 2.27. The summed E-state index contributed by atoms with van der Waals surface area (Å²) in [7, 11) is 1.34. The first kappa shape index (κ1) is 18.5. The molecule has 0 spiro atoms. The number of hydrogen-bond acceptors (Lipinski definition) is 4. The highest BCUT2D eigenvalue weighted by Crippen LogP contribution is 2.16. The molecule has 6 heteroatoms. The summed E-state index contributed by atoms with van der Waals surface area (Å²) < 4.78 is 12.1. The third-order valence-electron chi connectivity index (χ3n) is 4.33. The van der Waals surface area contributed by atoms with Gasteiger partial charge >= 0.3 is 5.97 Å². The van der Waals surface area contributed by atoms with Crippen molar-refractivity contribution in [2.45, 2.75) is 13.5 Å². The Morgan fingerprint density at radius 1 is 1.11 bits per heavy atom. The van der Waals surface area contributed by atoms with Crippen molar-refractivity contribution in [1.82, 2.24) is 9.47 Å². The largest absolute Gasteiger partial charge is 0.469 e. The van der Waals surface area contributed by atoms with Crippen LogP contribution >= 0.6 is 0 Å². The fourth-order valence-corrected chi connectivity index (χ4v) is 2.88. The number of amides is 1. The Balaban J connectivity index is 1.79. The lowest BCUT2D eigenvalue weighted by atomic mass is 10.1. The molecule has 1 atom stereocenters. The van der Waals surface area contributed by atoms with Gasteiger partial charge in [0.05, 0.1) is 25.8 Å². The number of carbonyl (C=O) groups is 2. The lowest BCUT2D eigenvalue weighted by Gasteiger charge is -2.24. The molecule has 0 fully saturated rings. The highest BCUT2D eigenvalue weighted by atomic mass is 16.5. The van der Waals surface area contributed by atoms with Crippen molar-refractivity contribution in [3.8, 4) is 5.69 Å². The van der Waals surface area contributed by atoms with E-state index in [0.717, 1.165) is 5.69 Å². The SMILES string of the molecule is COC(=O)C(C)CN(Cc1ccco1)C(=O)c1ccc(-n2cccc2)cc1. The summed E-state index contributed by atoms with van der Waals surface area (Å²) in [4.78, 5) is 26.4. The van der Waals surface area contributed by atoms with E-state index in [0.29, 0.717) is 11.3 Å². The molecule has 2 aromatic heterocycles. The average molecular weight is 366 g/mol. The van der Waals surface area contributed by atoms with Crippen LogP contribution in [0.25, 0.3) is 5.69 Å². The fourth-order valence-electron chi connectivity index (χ4n) is 2.88. The van der Waals surface area contributed by atoms with Gasteiger partial charge in [0.1, 0.15) is 5.76 Å². The van der Waals surface area contributed by atoms with Crippen LogP contribution in [-0.2, 0) is 16.1 Å². The van der Waals surface area contributed by atoms with Crippen LogP contribution in [0.5, 0.6) is 0 Å². The van der Waals surface area contributed by atoms with Crippen molar-refractivity contribution in [3.63, 3.8) is 0 Å². The van der Waals surface area contributed by atoms with Gasteiger partial charge in [-0.2, -0.15) is 0 Å². The van der Waals surface area contributed by atoms with Gasteiger partial charge in [0.2, 0.25) is 0 Å². The molecule has 1 unspecified atom stereocenters. The molecule has 3 aromatic rings. The molecular formula is C21H22N2O4. The summed E-state index contributed by atoms with van der Waals surface area (Å²) in [5.74, 6) is -0.297. The molecule has 0 radical (unpaired) electrons. The monoisotopic (exact) mass is 366 g/mol. The third-order valence-corrected chi connectivity index (χ3v) is 4.33. The van der Waals surface area contributed by atoms with Crippen molar-refractivity contribution in [2.75, 3.05) is 13.7 Å². The van der Waals surface area contributed by atoms with E-state index < -0.39 is 5.92 Å². The van der Waals surface area contributed by atoms with E-state index in [1.165, 1.54) is 7.11 Å². The van der Waals surface area contributed by atoms with Crippen molar-refractivity contribution < 1.29 is 18.7 Å². The number of ether oxygens (including phenoxy) is 1. The van der Waals surface area contributed by atoms with Crippen molar-refractivity contribution in [1.29, 1.82) is 0 Å². The summed E-state index contributed by atoms with van der Waals surface area (Å²) >= 11 is 0. The molecule has 6 nitrogen and oxygen atoms in total. The maximum atomic E-state index is 13.0. The van der Waals surface area contributed by atoms with Gasteiger partial charge in [-0.05, 0) is 48.5 Å². The molecule has 0 aliphatic carbocycles. The molecule has 1 aromatic carbocycles. The maximum absolute atomic E-state index is 13.0. The van der Waals surface area contributed by atoms with Gasteiger partial charge in [0.25, 0.3) is 5.91 Å². The number of methoxy groups -OCH3 is 1. The molecule has 1 amide bonds. The molecule has 0 saturated carbocycles. The number of furan rings is 1. The number of rotatable bonds is 7. The number of hydrogen-bond donors (Lipinski definition) is 0. The standard InChI is InChI=1S/C21H22N2O4/c1-16(21(25)26-2)14-23(15-19-6-5-13-27-19)20(24)17-7-9-18(10-8-17)22-11-3-4-12-22/h3-13,16H,14-15H2,1-2H3. The summed E-state index contributed by atoms with van der Waals surface area (Å²) in [6.07, 6.45) is 5.45. The van der Waals surface area contributed by atoms with Crippen LogP contribution in [0.4, 0.5) is 0 Å². The van der Waals surface area contributed by atoms with Crippen LogP contribution < -0.4 is 0 Å². The smallest absolute Gasteiger partial charge is 0.310 e. The van der Waals surface area contributed by atoms with Gasteiger partial charge in [-0.25, -0.2) is 0 Å². The lowest BCUT2D eigenvalue weighted by molar-refractivity contribution is -0.145. The molecule has 0 N–H and O–H groups in total. The topological polar surface area (TPSA) is 64.7 Å². The minimum atomic E-state index is -0.437. The number of benzene rings is 1. The molecule has 140 valence electrons. The molecular weight excluding hydrogens is 344 g/mol. The van der Waals surface area contributed by atoms with E-state index in [4.69, 9.17) is 9.15 Å². The number of aromatic nitrogens is 1. The maximum Gasteiger partial charge on any atom is 0.310 e. The van der Waals surface area contributed by atoms with Gasteiger partial charge in [-0.1, -0.05) is 6.92 Å². The van der Waals surface area contributed by atoms with E-state index in [1.807, 2.05) is 41.2 Å². The fraction of sp³-hybridized carbons (Fsp3) is 0.238. The van der Waals surface area contributed by atoms with Crippen LogP contribution in [0, 0.1) is 5.92 Å². The second kappa shape index (κ2) is 8.40. The molecule has 3 rings (SSSR count). The summed E-state index contributed by atoms with van der Waals surface area (Å²) in [6, 6.07) is 14.8. The third kappa shape index (κ3) is 4.47. The molecule has 2 heterocycles. The zero-order valence-electron chi connectivity index (χ0n) is 15.4. The van der Waals surface area contributed by atoms with Gasteiger partial charge in [0.15, 0.2) is 0 Å². The number of carbonyl (C=O) groups excluding carboxylic acids is 2. The van der Waals surface area contributed by atoms with Crippen molar-refractivity contribution in [2.24, 2.45) is 5.92 Å². The van der Waals surface area contributed by atoms with E-state index in [2.05, 4.69) is 0 Å². The normalized spacial score (nSPS) is 11.8. The zero-order valence-corrected chi connectivity index (χ0v) is 15.4. The minimum Gasteiger partial charge on any atom is -0.469 e. The predicted octanol–water partition coefficient (Wildman–Crippen LogP) is 3.52. The van der Waals surface area contributed by atoms with E-state index >= 15 is 0 Å². The van der Waals surface area contributed by atoms with Crippen molar-refractivity contribution >= 4 is 11.9 Å². The predicted molar refractivity (Wildman–Crippen MR) is 100 cm³/mol. The van der Waals surface area contributed by atoms with Crippen LogP contribution in [0.2, 0.25) is 0 Å². The molecule has 27 heavy (non-hydrogen) atoms. The summed E-state index contributed by atoms with van der Waals surface area (Å²) in [5.41, 5.74) is 1.52. The zero-order chi connectivity index (χ0) is 19.2. The molecule has 0 aliphatic heterocycles. The highest BCUT2D eigenvalue weighted by Gasteiger charge is 2.23. The van der Waals surface area contributed by atoms with Crippen molar-refractivity contribution in [3.05, 3.63) is 78.5 Å². The highest BCUT2D eigenvalue weighted by molar-refractivity contribution is 5.94. The Hall–Kier alpha value is -3.28. The van der Waals surface area contributed by atoms with E-state index in [9.17, 15) is 9.59 Å². The van der Waals surface area contributed by atoms with Crippen LogP contribution in [0.3, 0.4) is 0 Å². The average Bonchev–Trinajstić information content (AvgIpc) is 3.40. The van der Waals surface area contributed by atoms with Gasteiger partial charge < -0.3 is 18.6 Å². The first-order chi connectivity index (χ1) is 13.1. The first-order valence-electron chi connectivity index (χ1n) is 8.71. The molecule has 0 saturated heterocycles. The van der Waals surface area contributed by atoms with Gasteiger partial charge in [-0.15, -0.1) is 0 Å². The quantitative estimate of drug-likeness (QED) is 0.600. The van der Waals surface area contributed by atoms with Crippen LogP contribution in [0.1, 0.15) is 23.0 Å². The Morgan fingerprint density at radius 3 is 2.41 bits per heavy atom. The van der Waals surface area contributed by atoms with Crippen LogP contribution in [0.15, 0.2) is 71.6 Å². The van der Waals surface area contributed by atoms with Crippen LogP contribution in [-0.4, -0.2) is 35.0 Å². The Bertz CT molecular complexity index is 868. The molecule has 0 bridgehead atoms. The second-order valence-corrected chi connectivity index (χ2v) is 6.33. The Labute approximate surface area is 158 Å². The van der Waals surface area contributed by atoms with Gasteiger partial charge in [0, 0.05) is 30.2 Å². The minimum absolute atomic E-state index is 0.166. The lowest BCUT2D eigenvalue weighted by Crippen LogP contribution is -2.36. The Morgan fingerprint density at radius 2 is 1.81 bits per heavy atom. The number of nitrogens with zero attached hydrogens (tertiary/aromatic N) is 2. The number of esters is 1. The second-order valence-electron chi connectivity index (χ2n) is 6.33. The Kier molecular flexibility index (Phi) is 5.76. The van der Waals surface area contributed by atoms with Gasteiger partial charge in [-0.3, -0.25) is 9.59 Å². The van der Waals surface area contributed by atoms with E-state index in [1.54, 1.807) is 42.4 Å². The van der Waals surface area contributed by atoms with E-state index in [-0.39, 0.29) is 25.0 Å². The molecule has 0 aliphatic rings.